The Bertz CT molecular complexity index is 716. The first-order valence-corrected chi connectivity index (χ1v) is 9.28. The van der Waals surface area contributed by atoms with Crippen LogP contribution in [0.25, 0.3) is 0 Å². The molecule has 2 aromatic rings. The molecule has 0 spiro atoms. The summed E-state index contributed by atoms with van der Waals surface area (Å²) >= 11 is 1.62. The average Bonchev–Trinajstić information content (AvgIpc) is 3.19. The summed E-state index contributed by atoms with van der Waals surface area (Å²) in [5, 5.41) is 9.09. The number of carbonyl (C=O) groups is 1. The van der Waals surface area contributed by atoms with Gasteiger partial charge in [0.15, 0.2) is 0 Å². The molecule has 1 fully saturated rings. The third kappa shape index (κ3) is 3.38. The van der Waals surface area contributed by atoms with E-state index in [0.29, 0.717) is 12.5 Å². The van der Waals surface area contributed by atoms with Crippen molar-refractivity contribution in [1.82, 2.24) is 15.6 Å². The van der Waals surface area contributed by atoms with Gasteiger partial charge in [0.2, 0.25) is 0 Å². The first-order valence-electron chi connectivity index (χ1n) is 8.40. The molecule has 0 radical (unpaired) electrons. The summed E-state index contributed by atoms with van der Waals surface area (Å²) in [5.74, 6) is 1.45. The smallest absolute Gasteiger partial charge is 0.315 e. The minimum absolute atomic E-state index is 0.00892. The lowest BCUT2D eigenvalue weighted by Crippen LogP contribution is -2.42. The molecular formula is C18H21N3O2S. The summed E-state index contributed by atoms with van der Waals surface area (Å²) in [7, 11) is 0. The number of benzene rings is 1. The van der Waals surface area contributed by atoms with Crippen LogP contribution < -0.4 is 15.4 Å². The summed E-state index contributed by atoms with van der Waals surface area (Å²) in [5.41, 5.74) is 2.22. The number of hydrogen-bond donors (Lipinski definition) is 2. The molecule has 126 valence electrons. The largest absolute Gasteiger partial charge is 0.488 e. The van der Waals surface area contributed by atoms with Crippen LogP contribution in [0.5, 0.6) is 5.75 Å². The number of hydrogen-bond acceptors (Lipinski definition) is 4. The van der Waals surface area contributed by atoms with Crippen LogP contribution in [0.1, 0.15) is 35.1 Å². The van der Waals surface area contributed by atoms with Crippen molar-refractivity contribution in [2.45, 2.75) is 38.3 Å². The monoisotopic (exact) mass is 343 g/mol. The van der Waals surface area contributed by atoms with Crippen LogP contribution in [0.2, 0.25) is 0 Å². The third-order valence-electron chi connectivity index (χ3n) is 4.49. The van der Waals surface area contributed by atoms with Crippen LogP contribution in [-0.4, -0.2) is 23.7 Å². The lowest BCUT2D eigenvalue weighted by atomic mass is 10.1. The Balaban J connectivity index is 1.30. The minimum Gasteiger partial charge on any atom is -0.488 e. The van der Waals surface area contributed by atoms with E-state index < -0.39 is 0 Å². The highest BCUT2D eigenvalue weighted by atomic mass is 32.1. The van der Waals surface area contributed by atoms with Gasteiger partial charge in [0.1, 0.15) is 16.9 Å². The van der Waals surface area contributed by atoms with Crippen molar-refractivity contribution in [1.29, 1.82) is 0 Å². The molecule has 2 atom stereocenters. The Morgan fingerprint density at radius 2 is 2.25 bits per heavy atom. The van der Waals surface area contributed by atoms with Crippen molar-refractivity contribution in [3.05, 3.63) is 45.9 Å². The van der Waals surface area contributed by atoms with Gasteiger partial charge in [-0.15, -0.1) is 11.3 Å². The van der Waals surface area contributed by atoms with E-state index in [9.17, 15) is 4.79 Å². The standard InChI is InChI=1S/C18H21N3O2S/c1-11-10-24-17(20-11)16(12-6-7-12)21-18(22)19-9-14-8-13-4-2-3-5-15(13)23-14/h2-5,10,12,14,16H,6-9H2,1H3,(H2,19,21,22)/t14-,16-/m1/s1. The minimum atomic E-state index is -0.140. The summed E-state index contributed by atoms with van der Waals surface area (Å²) < 4.78 is 5.86. The van der Waals surface area contributed by atoms with Gasteiger partial charge in [-0.2, -0.15) is 0 Å². The van der Waals surface area contributed by atoms with Crippen LogP contribution in [0.4, 0.5) is 4.79 Å². The molecule has 2 heterocycles. The molecule has 1 aliphatic heterocycles. The Kier molecular flexibility index (Phi) is 4.14. The number of nitrogens with zero attached hydrogens (tertiary/aromatic N) is 1. The Morgan fingerprint density at radius 3 is 2.96 bits per heavy atom. The van der Waals surface area contributed by atoms with Gasteiger partial charge in [0.05, 0.1) is 12.6 Å². The molecule has 0 bridgehead atoms. The SMILES string of the molecule is Cc1csc([C@H](NC(=O)NC[C@H]2Cc3ccccc3O2)C2CC2)n1. The molecule has 4 rings (SSSR count). The molecule has 1 saturated carbocycles. The first-order chi connectivity index (χ1) is 11.7. The van der Waals surface area contributed by atoms with Gasteiger partial charge in [0.25, 0.3) is 0 Å². The van der Waals surface area contributed by atoms with Gasteiger partial charge < -0.3 is 15.4 Å². The highest BCUT2D eigenvalue weighted by Gasteiger charge is 2.35. The zero-order valence-corrected chi connectivity index (χ0v) is 14.4. The number of ether oxygens (including phenoxy) is 1. The van der Waals surface area contributed by atoms with E-state index in [0.717, 1.165) is 35.7 Å². The van der Waals surface area contributed by atoms with Crippen molar-refractivity contribution >= 4 is 17.4 Å². The summed E-state index contributed by atoms with van der Waals surface area (Å²) in [4.78, 5) is 16.8. The molecule has 0 unspecified atom stereocenters. The van der Waals surface area contributed by atoms with Crippen LogP contribution in [0.3, 0.4) is 0 Å². The lowest BCUT2D eigenvalue weighted by molar-refractivity contribution is 0.211. The number of para-hydroxylation sites is 1. The molecule has 1 aromatic heterocycles. The van der Waals surface area contributed by atoms with Crippen molar-refractivity contribution < 1.29 is 9.53 Å². The maximum Gasteiger partial charge on any atom is 0.315 e. The fourth-order valence-corrected chi connectivity index (χ4v) is 4.03. The van der Waals surface area contributed by atoms with Gasteiger partial charge in [-0.05, 0) is 37.3 Å². The topological polar surface area (TPSA) is 63.2 Å². The highest BCUT2D eigenvalue weighted by Crippen LogP contribution is 2.41. The second-order valence-electron chi connectivity index (χ2n) is 6.55. The fourth-order valence-electron chi connectivity index (χ4n) is 3.09. The normalized spacial score (nSPS) is 20.1. The van der Waals surface area contributed by atoms with Crippen LogP contribution in [0, 0.1) is 12.8 Å². The Hall–Kier alpha value is -2.08. The van der Waals surface area contributed by atoms with E-state index in [1.165, 1.54) is 5.56 Å². The number of rotatable bonds is 5. The highest BCUT2D eigenvalue weighted by molar-refractivity contribution is 7.09. The Morgan fingerprint density at radius 1 is 1.42 bits per heavy atom. The second kappa shape index (κ2) is 6.43. The van der Waals surface area contributed by atoms with Crippen molar-refractivity contribution in [3.63, 3.8) is 0 Å². The van der Waals surface area contributed by atoms with E-state index in [1.807, 2.05) is 30.5 Å². The predicted molar refractivity (Wildman–Crippen MR) is 93.4 cm³/mol. The molecule has 1 aromatic carbocycles. The summed E-state index contributed by atoms with van der Waals surface area (Å²) in [6, 6.07) is 7.93. The van der Waals surface area contributed by atoms with Crippen LogP contribution in [-0.2, 0) is 6.42 Å². The number of carbonyl (C=O) groups excluding carboxylic acids is 1. The molecular weight excluding hydrogens is 322 g/mol. The summed E-state index contributed by atoms with van der Waals surface area (Å²) in [6.07, 6.45) is 3.17. The fraction of sp³-hybridized carbons (Fsp3) is 0.444. The zero-order chi connectivity index (χ0) is 16.5. The quantitative estimate of drug-likeness (QED) is 0.876. The van der Waals surface area contributed by atoms with Crippen LogP contribution in [0.15, 0.2) is 29.6 Å². The molecule has 24 heavy (non-hydrogen) atoms. The number of aromatic nitrogens is 1. The van der Waals surface area contributed by atoms with E-state index in [2.05, 4.69) is 21.7 Å². The first kappa shape index (κ1) is 15.4. The zero-order valence-electron chi connectivity index (χ0n) is 13.6. The van der Waals surface area contributed by atoms with Gasteiger partial charge in [-0.1, -0.05) is 18.2 Å². The number of fused-ring (bicyclic) bond motifs is 1. The number of nitrogens with one attached hydrogen (secondary N) is 2. The molecule has 2 aliphatic rings. The number of urea groups is 1. The lowest BCUT2D eigenvalue weighted by Gasteiger charge is -2.18. The Labute approximate surface area is 145 Å². The van der Waals surface area contributed by atoms with Crippen molar-refractivity contribution in [3.8, 4) is 5.75 Å². The van der Waals surface area contributed by atoms with Gasteiger partial charge in [-0.3, -0.25) is 0 Å². The second-order valence-corrected chi connectivity index (χ2v) is 7.44. The van der Waals surface area contributed by atoms with E-state index in [-0.39, 0.29) is 18.2 Å². The van der Waals surface area contributed by atoms with E-state index in [4.69, 9.17) is 4.74 Å². The van der Waals surface area contributed by atoms with Gasteiger partial charge in [0, 0.05) is 17.5 Å². The van der Waals surface area contributed by atoms with E-state index in [1.54, 1.807) is 11.3 Å². The number of thiazole rings is 1. The molecule has 1 aliphatic carbocycles. The maximum atomic E-state index is 12.3. The van der Waals surface area contributed by atoms with E-state index >= 15 is 0 Å². The number of amides is 2. The molecule has 6 heteroatoms. The van der Waals surface area contributed by atoms with Gasteiger partial charge >= 0.3 is 6.03 Å². The molecule has 0 saturated heterocycles. The van der Waals surface area contributed by atoms with Gasteiger partial charge in [-0.25, -0.2) is 9.78 Å². The van der Waals surface area contributed by atoms with Crippen LogP contribution >= 0.6 is 11.3 Å². The summed E-state index contributed by atoms with van der Waals surface area (Å²) in [6.45, 7) is 2.49. The molecule has 2 N–H and O–H groups in total. The third-order valence-corrected chi connectivity index (χ3v) is 5.53. The van der Waals surface area contributed by atoms with Crippen molar-refractivity contribution in [2.24, 2.45) is 5.92 Å². The molecule has 5 nitrogen and oxygen atoms in total. The number of aryl methyl sites for hydroxylation is 1. The molecule has 2 amide bonds. The van der Waals surface area contributed by atoms with Crippen molar-refractivity contribution in [2.75, 3.05) is 6.54 Å². The average molecular weight is 343 g/mol. The predicted octanol–water partition coefficient (Wildman–Crippen LogP) is 3.21. The maximum absolute atomic E-state index is 12.3.